The molecule has 0 amide bonds. The predicted molar refractivity (Wildman–Crippen MR) is 108 cm³/mol. The van der Waals surface area contributed by atoms with Gasteiger partial charge < -0.3 is 10.8 Å². The number of hydrogen-bond donors (Lipinski definition) is 2. The van der Waals surface area contributed by atoms with Crippen molar-refractivity contribution in [1.82, 2.24) is 9.97 Å². The van der Waals surface area contributed by atoms with Gasteiger partial charge in [-0.05, 0) is 29.7 Å². The van der Waals surface area contributed by atoms with E-state index >= 15 is 0 Å². The maximum atomic E-state index is 10.3. The van der Waals surface area contributed by atoms with Crippen molar-refractivity contribution < 1.29 is 5.11 Å². The van der Waals surface area contributed by atoms with E-state index < -0.39 is 6.10 Å². The number of rotatable bonds is 6. The van der Waals surface area contributed by atoms with Gasteiger partial charge >= 0.3 is 0 Å². The number of thioether (sulfide) groups is 1. The van der Waals surface area contributed by atoms with E-state index in [0.717, 1.165) is 28.8 Å². The van der Waals surface area contributed by atoms with E-state index in [4.69, 9.17) is 17.3 Å². The summed E-state index contributed by atoms with van der Waals surface area (Å²) in [6.45, 7) is 2.04. The van der Waals surface area contributed by atoms with Crippen molar-refractivity contribution in [2.24, 2.45) is 0 Å². The molecule has 4 nitrogen and oxygen atoms in total. The Labute approximate surface area is 162 Å². The van der Waals surface area contributed by atoms with Crippen molar-refractivity contribution in [3.63, 3.8) is 0 Å². The minimum atomic E-state index is -0.577. The summed E-state index contributed by atoms with van der Waals surface area (Å²) in [5.74, 6) is 0.906. The zero-order valence-corrected chi connectivity index (χ0v) is 16.0. The maximum Gasteiger partial charge on any atom is 0.189 e. The molecular formula is C20H20ClN3OS. The Hall–Kier alpha value is -2.08. The summed E-state index contributed by atoms with van der Waals surface area (Å²) in [6.07, 6.45) is 0.159. The number of halogens is 1. The summed E-state index contributed by atoms with van der Waals surface area (Å²) in [6, 6.07) is 17.1. The lowest BCUT2D eigenvalue weighted by Crippen LogP contribution is -2.06. The smallest absolute Gasteiger partial charge is 0.189 e. The Morgan fingerprint density at radius 3 is 2.42 bits per heavy atom. The van der Waals surface area contributed by atoms with Gasteiger partial charge in [-0.2, -0.15) is 0 Å². The third-order valence-electron chi connectivity index (χ3n) is 4.01. The summed E-state index contributed by atoms with van der Waals surface area (Å²) in [4.78, 5) is 9.08. The highest BCUT2D eigenvalue weighted by molar-refractivity contribution is 7.99. The summed E-state index contributed by atoms with van der Waals surface area (Å²) >= 11 is 7.37. The summed E-state index contributed by atoms with van der Waals surface area (Å²) in [5, 5.41) is 11.6. The third kappa shape index (κ3) is 4.36. The highest BCUT2D eigenvalue weighted by Gasteiger charge is 2.15. The van der Waals surface area contributed by atoms with Crippen LogP contribution >= 0.6 is 23.4 Å². The number of aliphatic hydroxyl groups is 1. The lowest BCUT2D eigenvalue weighted by atomic mass is 10.0. The molecule has 0 aliphatic carbocycles. The molecular weight excluding hydrogens is 366 g/mol. The quantitative estimate of drug-likeness (QED) is 0.472. The molecule has 1 atom stereocenters. The highest BCUT2D eigenvalue weighted by Crippen LogP contribution is 2.32. The van der Waals surface area contributed by atoms with Crippen LogP contribution in [0, 0.1) is 0 Å². The standard InChI is InChI=1S/C20H20ClN3OS/c1-2-16-18(14-8-10-15(21)11-9-14)19(22)24-20(23-16)26-12-17(25)13-6-4-3-5-7-13/h3-11,17,25H,2,12H2,1H3,(H2,22,23,24)/t17-/m1/s1. The molecule has 0 bridgehead atoms. The van der Waals surface area contributed by atoms with E-state index in [1.165, 1.54) is 11.8 Å². The van der Waals surface area contributed by atoms with Crippen LogP contribution in [0.25, 0.3) is 11.1 Å². The number of benzene rings is 2. The van der Waals surface area contributed by atoms with Crippen LogP contribution in [0.3, 0.4) is 0 Å². The number of hydrogen-bond acceptors (Lipinski definition) is 5. The van der Waals surface area contributed by atoms with E-state index in [1.807, 2.05) is 61.5 Å². The van der Waals surface area contributed by atoms with Gasteiger partial charge in [-0.25, -0.2) is 9.97 Å². The second-order valence-corrected chi connectivity index (χ2v) is 7.23. The largest absolute Gasteiger partial charge is 0.388 e. The van der Waals surface area contributed by atoms with Crippen LogP contribution in [0.15, 0.2) is 59.8 Å². The number of aromatic nitrogens is 2. The molecule has 2 aromatic carbocycles. The first-order chi connectivity index (χ1) is 12.6. The van der Waals surface area contributed by atoms with Gasteiger partial charge in [0.05, 0.1) is 11.8 Å². The molecule has 0 radical (unpaired) electrons. The number of nitrogen functional groups attached to an aromatic ring is 1. The fourth-order valence-corrected chi connectivity index (χ4v) is 3.64. The molecule has 134 valence electrons. The van der Waals surface area contributed by atoms with Gasteiger partial charge in [0, 0.05) is 16.3 Å². The molecule has 0 aliphatic heterocycles. The van der Waals surface area contributed by atoms with Crippen molar-refractivity contribution >= 4 is 29.2 Å². The Bertz CT molecular complexity index is 872. The summed E-state index contributed by atoms with van der Waals surface area (Å²) < 4.78 is 0. The predicted octanol–water partition coefficient (Wildman–Crippen LogP) is 4.77. The number of anilines is 1. The molecule has 0 saturated heterocycles. The Kier molecular flexibility index (Phi) is 6.14. The van der Waals surface area contributed by atoms with Gasteiger partial charge in [-0.15, -0.1) is 0 Å². The first kappa shape index (κ1) is 18.7. The van der Waals surface area contributed by atoms with Crippen molar-refractivity contribution in [2.45, 2.75) is 24.6 Å². The second-order valence-electron chi connectivity index (χ2n) is 5.81. The maximum absolute atomic E-state index is 10.3. The minimum absolute atomic E-state index is 0.441. The number of nitrogens with two attached hydrogens (primary N) is 1. The van der Waals surface area contributed by atoms with Crippen LogP contribution in [0.2, 0.25) is 5.02 Å². The molecule has 0 aliphatic rings. The topological polar surface area (TPSA) is 72.0 Å². The molecule has 0 saturated carbocycles. The third-order valence-corrected chi connectivity index (χ3v) is 5.19. The molecule has 1 heterocycles. The molecule has 0 spiro atoms. The number of aryl methyl sites for hydroxylation is 1. The molecule has 0 fully saturated rings. The van der Waals surface area contributed by atoms with Crippen molar-refractivity contribution in [2.75, 3.05) is 11.5 Å². The van der Waals surface area contributed by atoms with Gasteiger partial charge in [0.2, 0.25) is 0 Å². The van der Waals surface area contributed by atoms with Gasteiger partial charge in [-0.1, -0.05) is 72.8 Å². The van der Waals surface area contributed by atoms with Gasteiger partial charge in [-0.3, -0.25) is 0 Å². The monoisotopic (exact) mass is 385 g/mol. The molecule has 3 aromatic rings. The van der Waals surface area contributed by atoms with Gasteiger partial charge in [0.1, 0.15) is 5.82 Å². The average molecular weight is 386 g/mol. The van der Waals surface area contributed by atoms with Crippen molar-refractivity contribution in [1.29, 1.82) is 0 Å². The first-order valence-corrected chi connectivity index (χ1v) is 9.73. The summed E-state index contributed by atoms with van der Waals surface area (Å²) in [7, 11) is 0. The van der Waals surface area contributed by atoms with Crippen molar-refractivity contribution in [3.05, 3.63) is 70.9 Å². The lowest BCUT2D eigenvalue weighted by Gasteiger charge is -2.14. The molecule has 3 rings (SSSR count). The zero-order valence-electron chi connectivity index (χ0n) is 14.4. The van der Waals surface area contributed by atoms with Crippen LogP contribution in [0.1, 0.15) is 24.3 Å². The normalized spacial score (nSPS) is 12.1. The van der Waals surface area contributed by atoms with Crippen molar-refractivity contribution in [3.8, 4) is 11.1 Å². The minimum Gasteiger partial charge on any atom is -0.388 e. The second kappa shape index (κ2) is 8.54. The van der Waals surface area contributed by atoms with E-state index in [0.29, 0.717) is 21.7 Å². The number of nitrogens with zero attached hydrogens (tertiary/aromatic N) is 2. The summed E-state index contributed by atoms with van der Waals surface area (Å²) in [5.41, 5.74) is 9.78. The first-order valence-electron chi connectivity index (χ1n) is 8.36. The molecule has 1 aromatic heterocycles. The van der Waals surface area contributed by atoms with Crippen LogP contribution in [-0.2, 0) is 6.42 Å². The van der Waals surface area contributed by atoms with E-state index in [2.05, 4.69) is 9.97 Å². The Morgan fingerprint density at radius 1 is 1.08 bits per heavy atom. The van der Waals surface area contributed by atoms with E-state index in [1.54, 1.807) is 0 Å². The fourth-order valence-electron chi connectivity index (χ4n) is 2.68. The molecule has 0 unspecified atom stereocenters. The van der Waals surface area contributed by atoms with Crippen LogP contribution < -0.4 is 5.73 Å². The van der Waals surface area contributed by atoms with Gasteiger partial charge in [0.25, 0.3) is 0 Å². The number of aliphatic hydroxyl groups excluding tert-OH is 1. The molecule has 26 heavy (non-hydrogen) atoms. The lowest BCUT2D eigenvalue weighted by molar-refractivity contribution is 0.204. The highest BCUT2D eigenvalue weighted by atomic mass is 35.5. The van der Waals surface area contributed by atoms with E-state index in [-0.39, 0.29) is 0 Å². The van der Waals surface area contributed by atoms with Gasteiger partial charge in [0.15, 0.2) is 5.16 Å². The average Bonchev–Trinajstić information content (AvgIpc) is 2.67. The molecule has 6 heteroatoms. The zero-order chi connectivity index (χ0) is 18.5. The fraction of sp³-hybridized carbons (Fsp3) is 0.200. The molecule has 3 N–H and O–H groups in total. The SMILES string of the molecule is CCc1nc(SC[C@@H](O)c2ccccc2)nc(N)c1-c1ccc(Cl)cc1. The van der Waals surface area contributed by atoms with E-state index in [9.17, 15) is 5.11 Å². The Morgan fingerprint density at radius 2 is 1.77 bits per heavy atom. The Balaban J connectivity index is 1.81. The van der Waals surface area contributed by atoms with Crippen LogP contribution in [-0.4, -0.2) is 20.8 Å². The van der Waals surface area contributed by atoms with Crippen LogP contribution in [0.5, 0.6) is 0 Å². The van der Waals surface area contributed by atoms with Crippen LogP contribution in [0.4, 0.5) is 5.82 Å².